The van der Waals surface area contributed by atoms with Crippen LogP contribution < -0.4 is 5.32 Å². The molecular weight excluding hydrogens is 314 g/mol. The molecule has 2 aliphatic rings. The highest BCUT2D eigenvalue weighted by atomic mass is 32.2. The van der Waals surface area contributed by atoms with Crippen molar-refractivity contribution in [3.05, 3.63) is 0 Å². The molecule has 0 spiro atoms. The second-order valence-electron chi connectivity index (χ2n) is 7.17. The minimum atomic E-state index is -3.10. The third-order valence-electron chi connectivity index (χ3n) is 5.52. The highest BCUT2D eigenvalue weighted by Gasteiger charge is 2.30. The van der Waals surface area contributed by atoms with Crippen molar-refractivity contribution >= 4 is 15.9 Å². The van der Waals surface area contributed by atoms with Gasteiger partial charge in [-0.2, -0.15) is 0 Å². The molecule has 1 N–H and O–H groups in total. The van der Waals surface area contributed by atoms with Gasteiger partial charge in [-0.15, -0.1) is 0 Å². The van der Waals surface area contributed by atoms with E-state index in [-0.39, 0.29) is 11.9 Å². The van der Waals surface area contributed by atoms with Crippen molar-refractivity contribution in [2.75, 3.05) is 39.5 Å². The number of piperidine rings is 2. The molecule has 1 atom stereocenters. The van der Waals surface area contributed by atoms with Gasteiger partial charge in [0.2, 0.25) is 15.9 Å². The van der Waals surface area contributed by atoms with Gasteiger partial charge in [0.15, 0.2) is 0 Å². The lowest BCUT2D eigenvalue weighted by Gasteiger charge is -2.36. The number of hydrogen-bond acceptors (Lipinski definition) is 4. The summed E-state index contributed by atoms with van der Waals surface area (Å²) in [6.45, 7) is 5.34. The Morgan fingerprint density at radius 3 is 2.30 bits per heavy atom. The topological polar surface area (TPSA) is 69.7 Å². The maximum absolute atomic E-state index is 12.6. The van der Waals surface area contributed by atoms with Crippen LogP contribution in [0.25, 0.3) is 0 Å². The molecule has 2 fully saturated rings. The van der Waals surface area contributed by atoms with Gasteiger partial charge in [-0.25, -0.2) is 12.7 Å². The van der Waals surface area contributed by atoms with E-state index in [1.54, 1.807) is 0 Å². The van der Waals surface area contributed by atoms with E-state index in [4.69, 9.17) is 0 Å². The lowest BCUT2D eigenvalue weighted by atomic mass is 9.84. The predicted octanol–water partition coefficient (Wildman–Crippen LogP) is 0.895. The van der Waals surface area contributed by atoms with Crippen molar-refractivity contribution in [3.8, 4) is 0 Å². The molecule has 0 aromatic heterocycles. The van der Waals surface area contributed by atoms with Crippen molar-refractivity contribution < 1.29 is 13.2 Å². The SMILES string of the molecule is CC(CC(=O)N(C)C1CCN(S(C)(=O)=O)CC1)C1CCNCC1. The minimum absolute atomic E-state index is 0.167. The molecule has 1 amide bonds. The smallest absolute Gasteiger partial charge is 0.222 e. The zero-order valence-electron chi connectivity index (χ0n) is 14.6. The minimum Gasteiger partial charge on any atom is -0.343 e. The van der Waals surface area contributed by atoms with E-state index in [1.807, 2.05) is 11.9 Å². The molecule has 0 aromatic rings. The van der Waals surface area contributed by atoms with E-state index in [0.29, 0.717) is 31.3 Å². The number of nitrogens with zero attached hydrogens (tertiary/aromatic N) is 2. The monoisotopic (exact) mass is 345 g/mol. The zero-order valence-corrected chi connectivity index (χ0v) is 15.4. The van der Waals surface area contributed by atoms with Crippen LogP contribution in [0.5, 0.6) is 0 Å². The summed E-state index contributed by atoms with van der Waals surface area (Å²) in [5.74, 6) is 1.26. The van der Waals surface area contributed by atoms with Crippen molar-refractivity contribution in [2.45, 2.75) is 45.1 Å². The van der Waals surface area contributed by atoms with Crippen LogP contribution in [-0.2, 0) is 14.8 Å². The highest BCUT2D eigenvalue weighted by molar-refractivity contribution is 7.88. The van der Waals surface area contributed by atoms with Gasteiger partial charge < -0.3 is 10.2 Å². The summed E-state index contributed by atoms with van der Waals surface area (Å²) in [6.07, 6.45) is 5.64. The Bertz CT molecular complexity index is 495. The predicted molar refractivity (Wildman–Crippen MR) is 91.6 cm³/mol. The fourth-order valence-corrected chi connectivity index (χ4v) is 4.64. The number of amides is 1. The first kappa shape index (κ1) is 18.7. The first-order valence-corrected chi connectivity index (χ1v) is 10.6. The van der Waals surface area contributed by atoms with Gasteiger partial charge in [-0.1, -0.05) is 6.92 Å². The van der Waals surface area contributed by atoms with E-state index in [9.17, 15) is 13.2 Å². The van der Waals surface area contributed by atoms with E-state index >= 15 is 0 Å². The average Bonchev–Trinajstić information content (AvgIpc) is 2.54. The van der Waals surface area contributed by atoms with Gasteiger partial charge in [-0.3, -0.25) is 4.79 Å². The molecular formula is C16H31N3O3S. The molecule has 0 bridgehead atoms. The molecule has 2 heterocycles. The third kappa shape index (κ3) is 5.16. The van der Waals surface area contributed by atoms with Crippen LogP contribution in [0, 0.1) is 11.8 Å². The standard InChI is InChI=1S/C16H31N3O3S/c1-13(14-4-8-17-9-5-14)12-16(20)18(2)15-6-10-19(11-7-15)23(3,21)22/h13-15,17H,4-12H2,1-3H3. The van der Waals surface area contributed by atoms with Crippen molar-refractivity contribution in [3.63, 3.8) is 0 Å². The fourth-order valence-electron chi connectivity index (χ4n) is 3.76. The Morgan fingerprint density at radius 2 is 1.78 bits per heavy atom. The lowest BCUT2D eigenvalue weighted by molar-refractivity contribution is -0.134. The second kappa shape index (κ2) is 7.94. The summed E-state index contributed by atoms with van der Waals surface area (Å²) >= 11 is 0. The molecule has 6 nitrogen and oxygen atoms in total. The second-order valence-corrected chi connectivity index (χ2v) is 9.15. The molecule has 0 radical (unpaired) electrons. The summed E-state index contributed by atoms with van der Waals surface area (Å²) in [6, 6.07) is 0.167. The first-order chi connectivity index (χ1) is 10.8. The number of carbonyl (C=O) groups excluding carboxylic acids is 1. The summed E-state index contributed by atoms with van der Waals surface area (Å²) in [7, 11) is -1.23. The molecule has 7 heteroatoms. The van der Waals surface area contributed by atoms with Crippen LogP contribution in [0.4, 0.5) is 0 Å². The summed E-state index contributed by atoms with van der Waals surface area (Å²) in [5, 5.41) is 3.36. The van der Waals surface area contributed by atoms with Gasteiger partial charge in [0, 0.05) is 32.6 Å². The molecule has 0 saturated carbocycles. The molecule has 2 saturated heterocycles. The first-order valence-electron chi connectivity index (χ1n) is 8.70. The van der Waals surface area contributed by atoms with Gasteiger partial charge in [0.05, 0.1) is 6.26 Å². The Hall–Kier alpha value is -0.660. The number of hydrogen-bond donors (Lipinski definition) is 1. The highest BCUT2D eigenvalue weighted by Crippen LogP contribution is 2.26. The van der Waals surface area contributed by atoms with E-state index in [2.05, 4.69) is 12.2 Å². The Morgan fingerprint density at radius 1 is 1.22 bits per heavy atom. The number of rotatable bonds is 5. The Balaban J connectivity index is 1.81. The van der Waals surface area contributed by atoms with Gasteiger partial charge in [0.1, 0.15) is 0 Å². The van der Waals surface area contributed by atoms with Crippen LogP contribution in [0.15, 0.2) is 0 Å². The number of nitrogens with one attached hydrogen (secondary N) is 1. The maximum Gasteiger partial charge on any atom is 0.222 e. The molecule has 0 aromatic carbocycles. The van der Waals surface area contributed by atoms with Crippen molar-refractivity contribution in [1.82, 2.24) is 14.5 Å². The van der Waals surface area contributed by atoms with E-state index < -0.39 is 10.0 Å². The molecule has 134 valence electrons. The van der Waals surface area contributed by atoms with Crippen LogP contribution in [0.3, 0.4) is 0 Å². The molecule has 23 heavy (non-hydrogen) atoms. The molecule has 2 rings (SSSR count). The van der Waals surface area contributed by atoms with Crippen LogP contribution in [-0.4, -0.2) is 69.1 Å². The summed E-state index contributed by atoms with van der Waals surface area (Å²) in [5.41, 5.74) is 0. The van der Waals surface area contributed by atoms with Crippen LogP contribution in [0.2, 0.25) is 0 Å². The largest absolute Gasteiger partial charge is 0.343 e. The van der Waals surface area contributed by atoms with Gasteiger partial charge in [0.25, 0.3) is 0 Å². The Kier molecular flexibility index (Phi) is 6.45. The van der Waals surface area contributed by atoms with Crippen molar-refractivity contribution in [2.24, 2.45) is 11.8 Å². The average molecular weight is 346 g/mol. The third-order valence-corrected chi connectivity index (χ3v) is 6.82. The molecule has 1 unspecified atom stereocenters. The van der Waals surface area contributed by atoms with Gasteiger partial charge >= 0.3 is 0 Å². The zero-order chi connectivity index (χ0) is 17.0. The maximum atomic E-state index is 12.6. The van der Waals surface area contributed by atoms with E-state index in [1.165, 1.54) is 10.6 Å². The number of carbonyl (C=O) groups is 1. The van der Waals surface area contributed by atoms with Gasteiger partial charge in [-0.05, 0) is 50.6 Å². The molecule has 0 aliphatic carbocycles. The molecule has 2 aliphatic heterocycles. The summed E-state index contributed by atoms with van der Waals surface area (Å²) in [4.78, 5) is 14.4. The number of sulfonamides is 1. The van der Waals surface area contributed by atoms with E-state index in [0.717, 1.165) is 38.8 Å². The summed E-state index contributed by atoms with van der Waals surface area (Å²) < 4.78 is 24.6. The van der Waals surface area contributed by atoms with Crippen molar-refractivity contribution in [1.29, 1.82) is 0 Å². The fraction of sp³-hybridized carbons (Fsp3) is 0.938. The van der Waals surface area contributed by atoms with Crippen LogP contribution in [0.1, 0.15) is 39.0 Å². The van der Waals surface area contributed by atoms with Crippen LogP contribution >= 0.6 is 0 Å². The normalized spacial score (nSPS) is 23.6. The quantitative estimate of drug-likeness (QED) is 0.804. The Labute approximate surface area is 140 Å². The lowest BCUT2D eigenvalue weighted by Crippen LogP contribution is -2.47.